The van der Waals surface area contributed by atoms with Crippen molar-refractivity contribution in [2.45, 2.75) is 19.8 Å². The lowest BCUT2D eigenvalue weighted by atomic mass is 10.0. The van der Waals surface area contributed by atoms with Gasteiger partial charge in [-0.2, -0.15) is 5.10 Å². The number of hydrogen-bond acceptors (Lipinski definition) is 5. The lowest BCUT2D eigenvalue weighted by Gasteiger charge is -2.14. The first kappa shape index (κ1) is 13.4. The molecule has 0 bridgehead atoms. The number of hydrogen-bond donors (Lipinski definition) is 1. The molecule has 0 fully saturated rings. The molecule has 0 atom stereocenters. The highest BCUT2D eigenvalue weighted by molar-refractivity contribution is 6.30. The normalized spacial score (nSPS) is 20.2. The van der Waals surface area contributed by atoms with Crippen molar-refractivity contribution in [1.29, 1.82) is 0 Å². The number of aryl methyl sites for hydroxylation is 1. The van der Waals surface area contributed by atoms with Gasteiger partial charge < -0.3 is 5.43 Å². The van der Waals surface area contributed by atoms with Gasteiger partial charge in [-0.15, -0.1) is 0 Å². The van der Waals surface area contributed by atoms with Gasteiger partial charge in [0.25, 0.3) is 0 Å². The molecule has 0 unspecified atom stereocenters. The molecule has 1 aliphatic heterocycles. The summed E-state index contributed by atoms with van der Waals surface area (Å²) in [4.78, 5) is 13.2. The Labute approximate surface area is 123 Å². The lowest BCUT2D eigenvalue weighted by molar-refractivity contribution is 0.687. The first-order valence-electron chi connectivity index (χ1n) is 7.06. The van der Waals surface area contributed by atoms with Crippen LogP contribution in [0.5, 0.6) is 0 Å². The average Bonchev–Trinajstić information content (AvgIpc) is 2.48. The van der Waals surface area contributed by atoms with Gasteiger partial charge >= 0.3 is 0 Å². The summed E-state index contributed by atoms with van der Waals surface area (Å²) in [6, 6.07) is 5.94. The van der Waals surface area contributed by atoms with Gasteiger partial charge in [-0.25, -0.2) is 0 Å². The van der Waals surface area contributed by atoms with E-state index in [1.807, 2.05) is 25.1 Å². The van der Waals surface area contributed by atoms with E-state index in [1.165, 1.54) is 0 Å². The molecule has 0 amide bonds. The van der Waals surface area contributed by atoms with Crippen LogP contribution in [0.25, 0.3) is 5.57 Å². The predicted octanol–water partition coefficient (Wildman–Crippen LogP) is 2.35. The molecular formula is C16H17N5. The molecule has 0 saturated carbocycles. The van der Waals surface area contributed by atoms with Crippen molar-refractivity contribution in [1.82, 2.24) is 20.4 Å². The number of pyridine rings is 1. The van der Waals surface area contributed by atoms with Crippen molar-refractivity contribution in [2.24, 2.45) is 5.10 Å². The van der Waals surface area contributed by atoms with Crippen LogP contribution in [0.1, 0.15) is 29.9 Å². The van der Waals surface area contributed by atoms with E-state index in [-0.39, 0.29) is 0 Å². The third kappa shape index (κ3) is 3.13. The van der Waals surface area contributed by atoms with Gasteiger partial charge in [0.15, 0.2) is 0 Å². The van der Waals surface area contributed by atoms with E-state index < -0.39 is 0 Å². The largest absolute Gasteiger partial charge is 0.309 e. The fourth-order valence-corrected chi connectivity index (χ4v) is 2.25. The second kappa shape index (κ2) is 6.26. The predicted molar refractivity (Wildman–Crippen MR) is 82.8 cm³/mol. The Bertz CT molecular complexity index is 676. The standard InChI is InChI=1S/C16H17N5/c1-12-5-4-7-14(20-12)16-13(6-2-3-8-19-21-16)15-11-17-9-10-18-15/h4-7,9-11,19H,2-3,8H2,1H3/b13-6+,21-16+. The second-order valence-electron chi connectivity index (χ2n) is 4.88. The minimum atomic E-state index is 0.818. The van der Waals surface area contributed by atoms with Gasteiger partial charge in [-0.05, 0) is 31.9 Å². The number of rotatable bonds is 2. The Balaban J connectivity index is 2.08. The summed E-state index contributed by atoms with van der Waals surface area (Å²) >= 11 is 0. The van der Waals surface area contributed by atoms with Crippen LogP contribution in [-0.4, -0.2) is 27.2 Å². The van der Waals surface area contributed by atoms with Crippen LogP contribution in [0.2, 0.25) is 0 Å². The molecule has 5 heteroatoms. The first-order chi connectivity index (χ1) is 10.3. The maximum Gasteiger partial charge on any atom is 0.118 e. The monoisotopic (exact) mass is 279 g/mol. The van der Waals surface area contributed by atoms with Crippen molar-refractivity contribution in [2.75, 3.05) is 6.54 Å². The summed E-state index contributed by atoms with van der Waals surface area (Å²) in [5.41, 5.74) is 7.55. The third-order valence-electron chi connectivity index (χ3n) is 3.26. The smallest absolute Gasteiger partial charge is 0.118 e. The molecule has 21 heavy (non-hydrogen) atoms. The topological polar surface area (TPSA) is 63.1 Å². The van der Waals surface area contributed by atoms with Crippen LogP contribution in [-0.2, 0) is 0 Å². The summed E-state index contributed by atoms with van der Waals surface area (Å²) in [5.74, 6) is 0. The van der Waals surface area contributed by atoms with E-state index in [0.717, 1.165) is 47.8 Å². The fourth-order valence-electron chi connectivity index (χ4n) is 2.25. The molecule has 2 aromatic rings. The van der Waals surface area contributed by atoms with Crippen LogP contribution in [0.3, 0.4) is 0 Å². The SMILES string of the molecule is Cc1cccc(C2=N/NCCC\C=C\2c2cnccn2)n1. The zero-order valence-electron chi connectivity index (χ0n) is 12.0. The minimum Gasteiger partial charge on any atom is -0.309 e. The van der Waals surface area contributed by atoms with Crippen LogP contribution in [0, 0.1) is 6.92 Å². The molecule has 0 aliphatic carbocycles. The summed E-state index contributed by atoms with van der Waals surface area (Å²) in [6.07, 6.45) is 9.33. The summed E-state index contributed by atoms with van der Waals surface area (Å²) in [5, 5.41) is 4.52. The van der Waals surface area contributed by atoms with E-state index in [2.05, 4.69) is 31.6 Å². The number of nitrogens with one attached hydrogen (secondary N) is 1. The molecule has 5 nitrogen and oxygen atoms in total. The van der Waals surface area contributed by atoms with Gasteiger partial charge in [0.05, 0.1) is 17.6 Å². The number of aromatic nitrogens is 3. The molecule has 2 aromatic heterocycles. The van der Waals surface area contributed by atoms with E-state index in [4.69, 9.17) is 0 Å². The van der Waals surface area contributed by atoms with E-state index >= 15 is 0 Å². The lowest BCUT2D eigenvalue weighted by Crippen LogP contribution is -2.18. The molecular weight excluding hydrogens is 262 g/mol. The maximum atomic E-state index is 4.59. The van der Waals surface area contributed by atoms with Gasteiger partial charge in [0, 0.05) is 30.2 Å². The number of allylic oxidation sites excluding steroid dienone is 2. The quantitative estimate of drug-likeness (QED) is 0.916. The fraction of sp³-hybridized carbons (Fsp3) is 0.250. The van der Waals surface area contributed by atoms with Gasteiger partial charge in [-0.1, -0.05) is 12.1 Å². The summed E-state index contributed by atoms with van der Waals surface area (Å²) in [7, 11) is 0. The van der Waals surface area contributed by atoms with Gasteiger partial charge in [0.1, 0.15) is 5.71 Å². The van der Waals surface area contributed by atoms with Crippen molar-refractivity contribution in [3.63, 3.8) is 0 Å². The molecule has 0 aromatic carbocycles. The Morgan fingerprint density at radius 1 is 1.14 bits per heavy atom. The maximum absolute atomic E-state index is 4.59. The van der Waals surface area contributed by atoms with Crippen LogP contribution >= 0.6 is 0 Å². The Hall–Kier alpha value is -2.56. The Kier molecular flexibility index (Phi) is 4.00. The van der Waals surface area contributed by atoms with Crippen molar-refractivity contribution in [3.8, 4) is 0 Å². The molecule has 0 saturated heterocycles. The number of hydrazone groups is 1. The molecule has 1 aliphatic rings. The van der Waals surface area contributed by atoms with Crippen LogP contribution in [0.15, 0.2) is 48.0 Å². The summed E-state index contributed by atoms with van der Waals surface area (Å²) < 4.78 is 0. The van der Waals surface area contributed by atoms with Gasteiger partial charge in [-0.3, -0.25) is 15.0 Å². The molecule has 0 radical (unpaired) electrons. The average molecular weight is 279 g/mol. The Morgan fingerprint density at radius 2 is 2.10 bits per heavy atom. The van der Waals surface area contributed by atoms with Crippen LogP contribution in [0.4, 0.5) is 0 Å². The zero-order valence-corrected chi connectivity index (χ0v) is 12.0. The molecule has 1 N–H and O–H groups in total. The molecule has 106 valence electrons. The van der Waals surface area contributed by atoms with Crippen molar-refractivity contribution in [3.05, 3.63) is 59.9 Å². The highest BCUT2D eigenvalue weighted by Gasteiger charge is 2.16. The third-order valence-corrected chi connectivity index (χ3v) is 3.26. The van der Waals surface area contributed by atoms with Crippen molar-refractivity contribution < 1.29 is 0 Å². The molecule has 3 heterocycles. The summed E-state index contributed by atoms with van der Waals surface area (Å²) in [6.45, 7) is 2.84. The first-order valence-corrected chi connectivity index (χ1v) is 7.06. The second-order valence-corrected chi connectivity index (χ2v) is 4.88. The highest BCUT2D eigenvalue weighted by Crippen LogP contribution is 2.20. The number of nitrogens with zero attached hydrogens (tertiary/aromatic N) is 4. The molecule has 0 spiro atoms. The van der Waals surface area contributed by atoms with E-state index in [0.29, 0.717) is 0 Å². The van der Waals surface area contributed by atoms with E-state index in [1.54, 1.807) is 18.6 Å². The minimum absolute atomic E-state index is 0.818. The van der Waals surface area contributed by atoms with Crippen LogP contribution < -0.4 is 5.43 Å². The van der Waals surface area contributed by atoms with Crippen molar-refractivity contribution >= 4 is 11.3 Å². The zero-order chi connectivity index (χ0) is 14.5. The van der Waals surface area contributed by atoms with Gasteiger partial charge in [0.2, 0.25) is 0 Å². The van der Waals surface area contributed by atoms with E-state index in [9.17, 15) is 0 Å². The highest BCUT2D eigenvalue weighted by atomic mass is 15.3. The molecule has 3 rings (SSSR count). The Morgan fingerprint density at radius 3 is 2.90 bits per heavy atom.